The van der Waals surface area contributed by atoms with E-state index < -0.39 is 0 Å². The van der Waals surface area contributed by atoms with Crippen LogP contribution < -0.4 is 0 Å². The summed E-state index contributed by atoms with van der Waals surface area (Å²) in [6.45, 7) is 4.60. The second-order valence-corrected chi connectivity index (χ2v) is 9.69. The van der Waals surface area contributed by atoms with Gasteiger partial charge >= 0.3 is 0 Å². The fourth-order valence-corrected chi connectivity index (χ4v) is 6.10. The van der Waals surface area contributed by atoms with E-state index >= 15 is 0 Å². The lowest BCUT2D eigenvalue weighted by Gasteiger charge is -2.22. The van der Waals surface area contributed by atoms with Crippen LogP contribution in [0.3, 0.4) is 0 Å². The number of halogens is 1. The molecular weight excluding hydrogens is 428 g/mol. The fourth-order valence-electron chi connectivity index (χ4n) is 5.72. The van der Waals surface area contributed by atoms with Crippen LogP contribution in [-0.4, -0.2) is 0 Å². The van der Waals surface area contributed by atoms with Gasteiger partial charge in [-0.2, -0.15) is 0 Å². The first-order chi connectivity index (χ1) is 14.6. The van der Waals surface area contributed by atoms with Gasteiger partial charge < -0.3 is 0 Å². The number of benzene rings is 4. The maximum atomic E-state index is 3.66. The molecule has 4 aromatic carbocycles. The van der Waals surface area contributed by atoms with E-state index in [1.54, 1.807) is 0 Å². The van der Waals surface area contributed by atoms with Gasteiger partial charge in [-0.3, -0.25) is 0 Å². The van der Waals surface area contributed by atoms with Crippen molar-refractivity contribution in [2.45, 2.75) is 32.1 Å². The van der Waals surface area contributed by atoms with Crippen LogP contribution in [-0.2, 0) is 0 Å². The lowest BCUT2D eigenvalue weighted by atomic mass is 9.81. The van der Waals surface area contributed by atoms with Crippen LogP contribution in [0.1, 0.15) is 53.0 Å². The van der Waals surface area contributed by atoms with Gasteiger partial charge in [-0.25, -0.2) is 0 Å². The molecule has 0 aromatic heterocycles. The normalized spacial score (nSPS) is 17.0. The highest BCUT2D eigenvalue weighted by atomic mass is 79.9. The number of hydrogen-bond acceptors (Lipinski definition) is 0. The van der Waals surface area contributed by atoms with Crippen molar-refractivity contribution in [3.8, 4) is 11.1 Å². The fraction of sp³-hybridized carbons (Fsp3) is 0.172. The molecule has 2 aliphatic carbocycles. The van der Waals surface area contributed by atoms with Crippen molar-refractivity contribution in [2.75, 3.05) is 0 Å². The number of aryl methyl sites for hydroxylation is 1. The Hall–Kier alpha value is -2.64. The van der Waals surface area contributed by atoms with Crippen molar-refractivity contribution >= 4 is 32.8 Å². The molecule has 2 aliphatic rings. The maximum Gasteiger partial charge on any atom is 0.0181 e. The molecular formula is C29H23Br. The Balaban J connectivity index is 1.48. The van der Waals surface area contributed by atoms with E-state index in [1.165, 1.54) is 55.3 Å². The molecule has 146 valence electrons. The average Bonchev–Trinajstić information content (AvgIpc) is 3.24. The van der Waals surface area contributed by atoms with Crippen LogP contribution >= 0.6 is 15.9 Å². The lowest BCUT2D eigenvalue weighted by Crippen LogP contribution is -2.06. The van der Waals surface area contributed by atoms with Gasteiger partial charge in [0, 0.05) is 16.3 Å². The third kappa shape index (κ3) is 2.58. The predicted octanol–water partition coefficient (Wildman–Crippen LogP) is 8.61. The molecule has 0 heterocycles. The summed E-state index contributed by atoms with van der Waals surface area (Å²) in [6, 6.07) is 27.0. The second kappa shape index (κ2) is 6.68. The maximum absolute atomic E-state index is 3.66. The van der Waals surface area contributed by atoms with Gasteiger partial charge in [0.05, 0.1) is 0 Å². The molecule has 6 rings (SSSR count). The van der Waals surface area contributed by atoms with E-state index in [0.717, 1.165) is 10.9 Å². The topological polar surface area (TPSA) is 0 Å². The summed E-state index contributed by atoms with van der Waals surface area (Å²) < 4.78 is 1.15. The third-order valence-electron chi connectivity index (χ3n) is 7.17. The molecule has 0 radical (unpaired) electrons. The van der Waals surface area contributed by atoms with Gasteiger partial charge in [-0.15, -0.1) is 0 Å². The lowest BCUT2D eigenvalue weighted by molar-refractivity contribution is 0.653. The highest BCUT2D eigenvalue weighted by molar-refractivity contribution is 9.10. The summed E-state index contributed by atoms with van der Waals surface area (Å²) in [7, 11) is 0. The summed E-state index contributed by atoms with van der Waals surface area (Å²) in [5.41, 5.74) is 11.6. The standard InChI is InChI=1S/C29H23Br/c1-17-13-27-18(2)21-12-11-20(30)14-19(21)15-28(27)26(17)16-29-24-9-5-3-7-22(24)23-8-4-6-10-25(23)29/h3-15,26,29H,16H2,1-2H3. The molecule has 0 aliphatic heterocycles. The van der Waals surface area contributed by atoms with Crippen molar-refractivity contribution in [2.24, 2.45) is 0 Å². The van der Waals surface area contributed by atoms with E-state index in [0.29, 0.717) is 11.8 Å². The van der Waals surface area contributed by atoms with Crippen molar-refractivity contribution in [1.29, 1.82) is 0 Å². The molecule has 0 saturated carbocycles. The highest BCUT2D eigenvalue weighted by Gasteiger charge is 2.33. The summed E-state index contributed by atoms with van der Waals surface area (Å²) in [4.78, 5) is 0. The zero-order chi connectivity index (χ0) is 20.4. The molecule has 0 nitrogen and oxygen atoms in total. The van der Waals surface area contributed by atoms with E-state index in [9.17, 15) is 0 Å². The molecule has 1 atom stereocenters. The number of hydrogen-bond donors (Lipinski definition) is 0. The van der Waals surface area contributed by atoms with E-state index in [-0.39, 0.29) is 0 Å². The Morgan fingerprint density at radius 2 is 1.40 bits per heavy atom. The largest absolute Gasteiger partial charge is 0.0652 e. The van der Waals surface area contributed by atoms with Gasteiger partial charge in [0.2, 0.25) is 0 Å². The van der Waals surface area contributed by atoms with Crippen LogP contribution in [0.25, 0.3) is 28.0 Å². The SMILES string of the molecule is CC1=Cc2c(cc3cc(Br)ccc3c2C)C1CC1c2ccccc2-c2ccccc21. The van der Waals surface area contributed by atoms with Gasteiger partial charge in [-0.1, -0.05) is 82.2 Å². The van der Waals surface area contributed by atoms with Crippen molar-refractivity contribution < 1.29 is 0 Å². The molecule has 0 spiro atoms. The van der Waals surface area contributed by atoms with Gasteiger partial charge in [0.15, 0.2) is 0 Å². The van der Waals surface area contributed by atoms with Crippen LogP contribution in [0.4, 0.5) is 0 Å². The summed E-state index contributed by atoms with van der Waals surface area (Å²) in [5.74, 6) is 0.918. The smallest absolute Gasteiger partial charge is 0.0181 e. The predicted molar refractivity (Wildman–Crippen MR) is 131 cm³/mol. The monoisotopic (exact) mass is 450 g/mol. The van der Waals surface area contributed by atoms with Gasteiger partial charge in [-0.05, 0) is 88.2 Å². The molecule has 0 bridgehead atoms. The minimum absolute atomic E-state index is 0.454. The van der Waals surface area contributed by atoms with E-state index in [1.807, 2.05) is 0 Å². The van der Waals surface area contributed by atoms with Crippen molar-refractivity contribution in [3.63, 3.8) is 0 Å². The number of rotatable bonds is 2. The zero-order valence-electron chi connectivity index (χ0n) is 17.2. The molecule has 4 aromatic rings. The summed E-state index contributed by atoms with van der Waals surface area (Å²) >= 11 is 3.66. The molecule has 0 N–H and O–H groups in total. The van der Waals surface area contributed by atoms with Crippen molar-refractivity contribution in [1.82, 2.24) is 0 Å². The Morgan fingerprint density at radius 1 is 0.733 bits per heavy atom. The molecule has 30 heavy (non-hydrogen) atoms. The molecule has 1 unspecified atom stereocenters. The van der Waals surface area contributed by atoms with E-state index in [4.69, 9.17) is 0 Å². The van der Waals surface area contributed by atoms with Crippen LogP contribution in [0.5, 0.6) is 0 Å². The van der Waals surface area contributed by atoms with Crippen LogP contribution in [0.15, 0.2) is 82.8 Å². The summed E-state index contributed by atoms with van der Waals surface area (Å²) in [6.07, 6.45) is 3.56. The molecule has 0 saturated heterocycles. The Morgan fingerprint density at radius 3 is 2.10 bits per heavy atom. The van der Waals surface area contributed by atoms with Gasteiger partial charge in [0.1, 0.15) is 0 Å². The second-order valence-electron chi connectivity index (χ2n) is 8.77. The molecule has 1 heteroatoms. The number of allylic oxidation sites excluding steroid dienone is 1. The first-order valence-corrected chi connectivity index (χ1v) is 11.5. The van der Waals surface area contributed by atoms with E-state index in [2.05, 4.69) is 109 Å². The Labute approximate surface area is 186 Å². The molecule has 0 fully saturated rings. The summed E-state index contributed by atoms with van der Waals surface area (Å²) in [5, 5.41) is 2.69. The average molecular weight is 451 g/mol. The van der Waals surface area contributed by atoms with Crippen molar-refractivity contribution in [3.05, 3.63) is 111 Å². The van der Waals surface area contributed by atoms with Gasteiger partial charge in [0.25, 0.3) is 0 Å². The quantitative estimate of drug-likeness (QED) is 0.286. The van der Waals surface area contributed by atoms with Crippen LogP contribution in [0, 0.1) is 6.92 Å². The Bertz CT molecular complexity index is 1310. The third-order valence-corrected chi connectivity index (χ3v) is 7.67. The minimum Gasteiger partial charge on any atom is -0.0652 e. The van der Waals surface area contributed by atoms with Crippen LogP contribution in [0.2, 0.25) is 0 Å². The Kier molecular flexibility index (Phi) is 4.05. The molecule has 0 amide bonds. The minimum atomic E-state index is 0.454. The highest BCUT2D eigenvalue weighted by Crippen LogP contribution is 2.52. The first kappa shape index (κ1) is 18.2. The first-order valence-electron chi connectivity index (χ1n) is 10.7. The number of fused-ring (bicyclic) bond motifs is 5. The zero-order valence-corrected chi connectivity index (χ0v) is 18.8.